The number of hydrogen-bond acceptors (Lipinski definition) is 2. The number of fused-ring (bicyclic) bond motifs is 2. The highest BCUT2D eigenvalue weighted by atomic mass is 127. The molecule has 2 aliphatic heterocycles. The van der Waals surface area contributed by atoms with Gasteiger partial charge in [-0.1, -0.05) is 13.0 Å². The van der Waals surface area contributed by atoms with E-state index >= 15 is 0 Å². The van der Waals surface area contributed by atoms with Crippen molar-refractivity contribution >= 4 is 28.3 Å². The lowest BCUT2D eigenvalue weighted by Gasteiger charge is -2.41. The van der Waals surface area contributed by atoms with Gasteiger partial charge in [-0.15, -0.1) is 0 Å². The monoisotopic (exact) mass is 356 g/mol. The third kappa shape index (κ3) is 2.39. The molecular formula is C15H21IN2. The maximum absolute atomic E-state index is 3.64. The summed E-state index contributed by atoms with van der Waals surface area (Å²) in [5, 5.41) is 3.64. The topological polar surface area (TPSA) is 15.3 Å². The smallest absolute Gasteiger partial charge is 0.0381 e. The molecule has 3 rings (SSSR count). The number of hydrogen-bond donors (Lipinski definition) is 1. The molecule has 0 spiro atoms. The van der Waals surface area contributed by atoms with E-state index < -0.39 is 0 Å². The molecule has 1 aromatic rings. The van der Waals surface area contributed by atoms with Gasteiger partial charge in [0.25, 0.3) is 0 Å². The Hall–Kier alpha value is -0.290. The van der Waals surface area contributed by atoms with Crippen molar-refractivity contribution in [1.29, 1.82) is 0 Å². The van der Waals surface area contributed by atoms with Crippen LogP contribution < -0.4 is 10.2 Å². The van der Waals surface area contributed by atoms with Crippen molar-refractivity contribution in [2.24, 2.45) is 0 Å². The quantitative estimate of drug-likeness (QED) is 0.836. The van der Waals surface area contributed by atoms with E-state index in [0.29, 0.717) is 0 Å². The zero-order valence-corrected chi connectivity index (χ0v) is 13.1. The van der Waals surface area contributed by atoms with Crippen molar-refractivity contribution in [3.63, 3.8) is 0 Å². The van der Waals surface area contributed by atoms with E-state index in [9.17, 15) is 0 Å². The highest BCUT2D eigenvalue weighted by Gasteiger charge is 2.40. The molecule has 2 saturated heterocycles. The van der Waals surface area contributed by atoms with E-state index in [4.69, 9.17) is 0 Å². The largest absolute Gasteiger partial charge is 0.365 e. The fourth-order valence-corrected chi connectivity index (χ4v) is 4.22. The molecule has 0 aliphatic carbocycles. The predicted molar refractivity (Wildman–Crippen MR) is 85.1 cm³/mol. The summed E-state index contributed by atoms with van der Waals surface area (Å²) in [6.45, 7) is 3.32. The Morgan fingerprint density at radius 1 is 1.28 bits per heavy atom. The number of nitrogens with one attached hydrogen (secondary N) is 1. The molecule has 0 saturated carbocycles. The molecule has 1 aromatic carbocycles. The predicted octanol–water partition coefficient (Wildman–Crippen LogP) is 3.40. The van der Waals surface area contributed by atoms with Gasteiger partial charge in [0.1, 0.15) is 0 Å². The van der Waals surface area contributed by atoms with Gasteiger partial charge in [0.15, 0.2) is 0 Å². The maximum Gasteiger partial charge on any atom is 0.0381 e. The second-order valence-electron chi connectivity index (χ2n) is 5.50. The van der Waals surface area contributed by atoms with Gasteiger partial charge in [-0.05, 0) is 73.0 Å². The Bertz CT molecular complexity index is 407. The van der Waals surface area contributed by atoms with Crippen LogP contribution in [-0.4, -0.2) is 24.7 Å². The van der Waals surface area contributed by atoms with Gasteiger partial charge in [0.05, 0.1) is 0 Å². The second-order valence-corrected chi connectivity index (χ2v) is 6.74. The molecule has 0 amide bonds. The normalized spacial score (nSPS) is 30.8. The number of halogens is 1. The lowest BCUT2D eigenvalue weighted by molar-refractivity contribution is 0.361. The van der Waals surface area contributed by atoms with Crippen LogP contribution in [0.1, 0.15) is 32.6 Å². The summed E-state index contributed by atoms with van der Waals surface area (Å²) in [5.41, 5.74) is 1.43. The Morgan fingerprint density at radius 2 is 2.00 bits per heavy atom. The third-order valence-corrected chi connectivity index (χ3v) is 5.00. The summed E-state index contributed by atoms with van der Waals surface area (Å²) in [7, 11) is 0. The molecule has 2 bridgehead atoms. The molecule has 18 heavy (non-hydrogen) atoms. The minimum Gasteiger partial charge on any atom is -0.365 e. The Balaban J connectivity index is 1.79. The SMILES string of the molecule is CCNC1CC2CCC(C1)N2c1cccc(I)c1. The van der Waals surface area contributed by atoms with Crippen LogP contribution in [0.3, 0.4) is 0 Å². The van der Waals surface area contributed by atoms with Crippen molar-refractivity contribution in [2.75, 3.05) is 11.4 Å². The zero-order chi connectivity index (χ0) is 12.5. The van der Waals surface area contributed by atoms with Gasteiger partial charge < -0.3 is 10.2 Å². The summed E-state index contributed by atoms with van der Waals surface area (Å²) >= 11 is 2.41. The van der Waals surface area contributed by atoms with Gasteiger partial charge in [-0.2, -0.15) is 0 Å². The van der Waals surface area contributed by atoms with E-state index in [2.05, 4.69) is 64.0 Å². The van der Waals surface area contributed by atoms with Crippen molar-refractivity contribution < 1.29 is 0 Å². The van der Waals surface area contributed by atoms with Crippen LogP contribution in [0.4, 0.5) is 5.69 Å². The zero-order valence-electron chi connectivity index (χ0n) is 10.9. The number of piperidine rings is 1. The van der Waals surface area contributed by atoms with Crippen LogP contribution >= 0.6 is 22.6 Å². The third-order valence-electron chi connectivity index (χ3n) is 4.33. The average Bonchev–Trinajstić information content (AvgIpc) is 2.62. The number of rotatable bonds is 3. The summed E-state index contributed by atoms with van der Waals surface area (Å²) in [4.78, 5) is 2.69. The lowest BCUT2D eigenvalue weighted by Crippen LogP contribution is -2.49. The molecule has 2 aliphatic rings. The molecular weight excluding hydrogens is 335 g/mol. The van der Waals surface area contributed by atoms with Crippen molar-refractivity contribution in [2.45, 2.75) is 50.7 Å². The average molecular weight is 356 g/mol. The minimum absolute atomic E-state index is 0.742. The summed E-state index contributed by atoms with van der Waals surface area (Å²) in [5.74, 6) is 0. The molecule has 2 fully saturated rings. The Morgan fingerprint density at radius 3 is 2.61 bits per heavy atom. The van der Waals surface area contributed by atoms with E-state index in [1.165, 1.54) is 34.9 Å². The van der Waals surface area contributed by atoms with Crippen molar-refractivity contribution in [1.82, 2.24) is 5.32 Å². The molecule has 0 aromatic heterocycles. The summed E-state index contributed by atoms with van der Waals surface area (Å²) < 4.78 is 1.35. The van der Waals surface area contributed by atoms with Gasteiger partial charge in [-0.25, -0.2) is 0 Å². The second kappa shape index (κ2) is 5.37. The Kier molecular flexibility index (Phi) is 3.80. The molecule has 2 atom stereocenters. The maximum atomic E-state index is 3.64. The number of benzene rings is 1. The van der Waals surface area contributed by atoms with Crippen LogP contribution in [0.25, 0.3) is 0 Å². The first-order chi connectivity index (χ1) is 8.78. The Labute approximate surface area is 123 Å². The molecule has 1 N–H and O–H groups in total. The van der Waals surface area contributed by atoms with E-state index in [0.717, 1.165) is 24.7 Å². The number of nitrogens with zero attached hydrogens (tertiary/aromatic N) is 1. The van der Waals surface area contributed by atoms with Crippen LogP contribution in [0.2, 0.25) is 0 Å². The summed E-state index contributed by atoms with van der Waals surface area (Å²) in [6, 6.07) is 11.2. The highest BCUT2D eigenvalue weighted by molar-refractivity contribution is 14.1. The highest BCUT2D eigenvalue weighted by Crippen LogP contribution is 2.39. The fraction of sp³-hybridized carbons (Fsp3) is 0.600. The van der Waals surface area contributed by atoms with Crippen molar-refractivity contribution in [3.05, 3.63) is 27.8 Å². The lowest BCUT2D eigenvalue weighted by atomic mass is 9.96. The minimum atomic E-state index is 0.742. The summed E-state index contributed by atoms with van der Waals surface area (Å²) in [6.07, 6.45) is 5.38. The molecule has 98 valence electrons. The molecule has 2 unspecified atom stereocenters. The first-order valence-corrected chi connectivity index (χ1v) is 8.13. The first kappa shape index (κ1) is 12.7. The van der Waals surface area contributed by atoms with Gasteiger partial charge in [-0.3, -0.25) is 0 Å². The van der Waals surface area contributed by atoms with E-state index in [-0.39, 0.29) is 0 Å². The molecule has 0 radical (unpaired) electrons. The number of anilines is 1. The van der Waals surface area contributed by atoms with Crippen LogP contribution in [0.5, 0.6) is 0 Å². The van der Waals surface area contributed by atoms with Crippen LogP contribution in [0, 0.1) is 3.57 Å². The van der Waals surface area contributed by atoms with Gasteiger partial charge in [0.2, 0.25) is 0 Å². The van der Waals surface area contributed by atoms with Crippen molar-refractivity contribution in [3.8, 4) is 0 Å². The molecule has 2 nitrogen and oxygen atoms in total. The fourth-order valence-electron chi connectivity index (χ4n) is 3.69. The van der Waals surface area contributed by atoms with Crippen LogP contribution in [-0.2, 0) is 0 Å². The first-order valence-electron chi connectivity index (χ1n) is 7.05. The van der Waals surface area contributed by atoms with E-state index in [1.54, 1.807) is 0 Å². The van der Waals surface area contributed by atoms with Crippen LogP contribution in [0.15, 0.2) is 24.3 Å². The van der Waals surface area contributed by atoms with E-state index in [1.807, 2.05) is 0 Å². The molecule has 3 heteroatoms. The standard InChI is InChI=1S/C15H21IN2/c1-2-17-12-9-14-6-7-15(10-12)18(14)13-5-3-4-11(16)8-13/h3-5,8,12,14-15,17H,2,6-7,9-10H2,1H3. The molecule has 2 heterocycles. The van der Waals surface area contributed by atoms with Gasteiger partial charge >= 0.3 is 0 Å². The van der Waals surface area contributed by atoms with Gasteiger partial charge in [0, 0.05) is 27.4 Å².